The van der Waals surface area contributed by atoms with Crippen LogP contribution in [0, 0.1) is 6.92 Å². The van der Waals surface area contributed by atoms with Crippen molar-refractivity contribution in [2.24, 2.45) is 0 Å². The van der Waals surface area contributed by atoms with Crippen LogP contribution in [-0.2, 0) is 13.0 Å². The number of thiazole rings is 1. The molecule has 2 aliphatic rings. The zero-order chi connectivity index (χ0) is 33.3. The number of anilines is 2. The number of rotatable bonds is 8. The Labute approximate surface area is 287 Å². The number of pyridine rings is 2. The fourth-order valence-electron chi connectivity index (χ4n) is 6.64. The summed E-state index contributed by atoms with van der Waals surface area (Å²) in [6.45, 7) is 4.96. The van der Waals surface area contributed by atoms with Gasteiger partial charge in [0, 0.05) is 37.9 Å². The highest BCUT2D eigenvalue weighted by molar-refractivity contribution is 7.22. The quantitative estimate of drug-likeness (QED) is 0.187. The molecule has 1 atom stereocenters. The van der Waals surface area contributed by atoms with Crippen molar-refractivity contribution in [3.8, 4) is 5.75 Å². The van der Waals surface area contributed by atoms with E-state index in [0.29, 0.717) is 35.2 Å². The number of benzene rings is 2. The van der Waals surface area contributed by atoms with E-state index < -0.39 is 12.1 Å². The molecule has 6 aromatic rings. The number of esters is 1. The maximum Gasteiger partial charge on any atom is 0.362 e. The van der Waals surface area contributed by atoms with Gasteiger partial charge in [0.15, 0.2) is 10.9 Å². The first-order valence-electron chi connectivity index (χ1n) is 16.4. The molecule has 0 bridgehead atoms. The second-order valence-electron chi connectivity index (χ2n) is 12.3. The van der Waals surface area contributed by atoms with Gasteiger partial charge in [-0.2, -0.15) is 5.10 Å². The van der Waals surface area contributed by atoms with Crippen molar-refractivity contribution in [3.05, 3.63) is 125 Å². The first kappa shape index (κ1) is 30.8. The van der Waals surface area contributed by atoms with Crippen LogP contribution in [0.1, 0.15) is 62.4 Å². The number of ether oxygens (including phenoxy) is 1. The Bertz CT molecular complexity index is 2120. The Hall–Kier alpha value is -5.46. The highest BCUT2D eigenvalue weighted by Gasteiger charge is 2.32. The maximum absolute atomic E-state index is 13.8. The minimum absolute atomic E-state index is 0.192. The molecule has 0 spiro atoms. The van der Waals surface area contributed by atoms with E-state index in [1.807, 2.05) is 60.1 Å². The molecule has 1 N–H and O–H groups in total. The van der Waals surface area contributed by atoms with Gasteiger partial charge in [-0.15, -0.1) is 0 Å². The van der Waals surface area contributed by atoms with Crippen LogP contribution >= 0.6 is 11.3 Å². The van der Waals surface area contributed by atoms with Gasteiger partial charge in [0.25, 0.3) is 5.91 Å². The van der Waals surface area contributed by atoms with Gasteiger partial charge in [0.2, 0.25) is 0 Å². The molecule has 2 aliphatic heterocycles. The molecule has 12 heteroatoms. The van der Waals surface area contributed by atoms with Crippen molar-refractivity contribution in [2.45, 2.75) is 38.9 Å². The zero-order valence-electron chi connectivity index (χ0n) is 27.0. The molecule has 4 aromatic heterocycles. The van der Waals surface area contributed by atoms with E-state index in [-0.39, 0.29) is 11.6 Å². The zero-order valence-corrected chi connectivity index (χ0v) is 27.8. The van der Waals surface area contributed by atoms with Crippen molar-refractivity contribution in [2.75, 3.05) is 29.9 Å². The number of amides is 1. The van der Waals surface area contributed by atoms with Gasteiger partial charge in [0.05, 0.1) is 22.1 Å². The summed E-state index contributed by atoms with van der Waals surface area (Å²) < 4.78 is 8.63. The van der Waals surface area contributed by atoms with Gasteiger partial charge in [-0.05, 0) is 79.8 Å². The summed E-state index contributed by atoms with van der Waals surface area (Å²) in [6.07, 6.45) is 5.90. The third-order valence-corrected chi connectivity index (χ3v) is 10.0. The summed E-state index contributed by atoms with van der Waals surface area (Å²) in [6, 6.07) is 25.0. The molecule has 0 saturated carbocycles. The highest BCUT2D eigenvalue weighted by atomic mass is 32.1. The fraction of sp³-hybridized carbons (Fsp3) is 0.243. The van der Waals surface area contributed by atoms with Crippen molar-refractivity contribution < 1.29 is 14.3 Å². The van der Waals surface area contributed by atoms with Gasteiger partial charge >= 0.3 is 5.97 Å². The summed E-state index contributed by atoms with van der Waals surface area (Å²) in [5.74, 6) is 0.537. The van der Waals surface area contributed by atoms with Crippen LogP contribution in [0.25, 0.3) is 10.2 Å². The van der Waals surface area contributed by atoms with E-state index >= 15 is 0 Å². The number of nitrogens with one attached hydrogen (secondary N) is 1. The Morgan fingerprint density at radius 1 is 0.918 bits per heavy atom. The lowest BCUT2D eigenvalue weighted by Gasteiger charge is -2.36. The molecule has 1 fully saturated rings. The SMILES string of the molecule is Cc1nn(C(c2cccc(N3CCCC3)n2)N2CCc3cccc(C(=O)Nc4nc5ccccc5s4)c3C2)cc1OC(=O)c1ccccn1. The summed E-state index contributed by atoms with van der Waals surface area (Å²) in [5, 5.41) is 8.48. The molecule has 0 aliphatic carbocycles. The first-order valence-corrected chi connectivity index (χ1v) is 17.2. The average molecular weight is 671 g/mol. The van der Waals surface area contributed by atoms with E-state index in [9.17, 15) is 9.59 Å². The lowest BCUT2D eigenvalue weighted by atomic mass is 9.94. The molecule has 11 nitrogen and oxygen atoms in total. The number of fused-ring (bicyclic) bond motifs is 2. The number of para-hydroxylation sites is 1. The van der Waals surface area contributed by atoms with E-state index in [4.69, 9.17) is 14.8 Å². The van der Waals surface area contributed by atoms with Crippen LogP contribution in [0.15, 0.2) is 91.3 Å². The van der Waals surface area contributed by atoms with Gasteiger partial charge in [-0.1, -0.05) is 47.7 Å². The highest BCUT2D eigenvalue weighted by Crippen LogP contribution is 2.34. The number of carbonyl (C=O) groups is 2. The minimum Gasteiger partial charge on any atom is -0.418 e. The molecule has 2 aromatic carbocycles. The van der Waals surface area contributed by atoms with E-state index in [1.54, 1.807) is 30.6 Å². The van der Waals surface area contributed by atoms with Crippen LogP contribution in [0.2, 0.25) is 0 Å². The monoisotopic (exact) mass is 670 g/mol. The van der Waals surface area contributed by atoms with Crippen molar-refractivity contribution >= 4 is 44.4 Å². The first-order chi connectivity index (χ1) is 24.0. The maximum atomic E-state index is 13.8. The largest absolute Gasteiger partial charge is 0.418 e. The molecule has 6 heterocycles. The molecular weight excluding hydrogens is 637 g/mol. The Morgan fingerprint density at radius 2 is 1.76 bits per heavy atom. The standard InChI is InChI=1S/C37H34N8O3S/c1-24-31(48-36(47)30-13-4-5-18-38-30)23-45(42-24)35(29-14-9-16-33(39-29)43-19-6-7-20-43)44-21-17-25-10-8-11-26(27(25)22-44)34(46)41-37-40-28-12-2-3-15-32(28)49-37/h2-5,8-16,18,23,35H,6-7,17,19-22H2,1H3,(H,40,41,46). The van der Waals surface area contributed by atoms with Gasteiger partial charge in [-0.3, -0.25) is 15.0 Å². The molecular formula is C37H34N8O3S. The Balaban J connectivity index is 1.13. The van der Waals surface area contributed by atoms with Crippen LogP contribution < -0.4 is 15.0 Å². The molecule has 1 amide bonds. The molecule has 8 rings (SSSR count). The summed E-state index contributed by atoms with van der Waals surface area (Å²) in [7, 11) is 0. The molecule has 246 valence electrons. The molecule has 49 heavy (non-hydrogen) atoms. The summed E-state index contributed by atoms with van der Waals surface area (Å²) in [4.78, 5) is 45.2. The predicted octanol–water partition coefficient (Wildman–Crippen LogP) is 6.27. The Kier molecular flexibility index (Phi) is 8.32. The topological polar surface area (TPSA) is 118 Å². The number of hydrogen-bond acceptors (Lipinski definition) is 10. The second-order valence-corrected chi connectivity index (χ2v) is 13.3. The van der Waals surface area contributed by atoms with Gasteiger partial charge < -0.3 is 9.64 Å². The number of nitrogens with zero attached hydrogens (tertiary/aromatic N) is 7. The molecule has 0 radical (unpaired) electrons. The van der Waals surface area contributed by atoms with Crippen molar-refractivity contribution in [1.82, 2.24) is 29.6 Å². The van der Waals surface area contributed by atoms with Gasteiger partial charge in [0.1, 0.15) is 23.4 Å². The van der Waals surface area contributed by atoms with Crippen LogP contribution in [-0.4, -0.2) is 61.1 Å². The molecule has 1 saturated heterocycles. The number of hydrogen-bond donors (Lipinski definition) is 1. The van der Waals surface area contributed by atoms with Crippen LogP contribution in [0.5, 0.6) is 5.75 Å². The van der Waals surface area contributed by atoms with Crippen molar-refractivity contribution in [1.29, 1.82) is 0 Å². The Morgan fingerprint density at radius 3 is 2.59 bits per heavy atom. The fourth-order valence-corrected chi connectivity index (χ4v) is 7.50. The third kappa shape index (κ3) is 6.28. The minimum atomic E-state index is -0.551. The summed E-state index contributed by atoms with van der Waals surface area (Å²) >= 11 is 1.46. The van der Waals surface area contributed by atoms with Gasteiger partial charge in [-0.25, -0.2) is 24.4 Å². The normalized spacial score (nSPS) is 15.2. The second kappa shape index (κ2) is 13.2. The summed E-state index contributed by atoms with van der Waals surface area (Å²) in [5.41, 5.74) is 5.16. The van der Waals surface area contributed by atoms with Crippen LogP contribution in [0.3, 0.4) is 0 Å². The lowest BCUT2D eigenvalue weighted by molar-refractivity contribution is 0.0726. The number of aromatic nitrogens is 5. The average Bonchev–Trinajstić information content (AvgIpc) is 3.89. The smallest absolute Gasteiger partial charge is 0.362 e. The lowest BCUT2D eigenvalue weighted by Crippen LogP contribution is -2.39. The number of aryl methyl sites for hydroxylation is 1. The number of carbonyl (C=O) groups excluding carboxylic acids is 2. The molecule has 1 unspecified atom stereocenters. The van der Waals surface area contributed by atoms with E-state index in [0.717, 1.165) is 65.2 Å². The van der Waals surface area contributed by atoms with E-state index in [2.05, 4.69) is 37.2 Å². The van der Waals surface area contributed by atoms with Crippen LogP contribution in [0.4, 0.5) is 10.9 Å². The van der Waals surface area contributed by atoms with E-state index in [1.165, 1.54) is 11.3 Å². The van der Waals surface area contributed by atoms with Crippen molar-refractivity contribution in [3.63, 3.8) is 0 Å². The predicted molar refractivity (Wildman–Crippen MR) is 188 cm³/mol. The third-order valence-electron chi connectivity index (χ3n) is 9.06.